The van der Waals surface area contributed by atoms with Gasteiger partial charge in [-0.05, 0) is 18.6 Å². The Hall–Kier alpha value is -1.23. The number of hydrogen-bond donors (Lipinski definition) is 1. The Kier molecular flexibility index (Phi) is 4.18. The molecule has 0 unspecified atom stereocenters. The molecule has 0 aliphatic rings. The van der Waals surface area contributed by atoms with Gasteiger partial charge >= 0.3 is 5.97 Å². The molecule has 0 spiro atoms. The van der Waals surface area contributed by atoms with Crippen LogP contribution >= 0.6 is 15.9 Å². The van der Waals surface area contributed by atoms with E-state index < -0.39 is 5.97 Å². The fourth-order valence-corrected chi connectivity index (χ4v) is 1.93. The van der Waals surface area contributed by atoms with Gasteiger partial charge in [-0.2, -0.15) is 0 Å². The van der Waals surface area contributed by atoms with Crippen molar-refractivity contribution in [2.45, 2.75) is 13.3 Å². The number of ether oxygens (including phenoxy) is 2. The van der Waals surface area contributed by atoms with Crippen molar-refractivity contribution >= 4 is 21.9 Å². The van der Waals surface area contributed by atoms with E-state index in [1.807, 2.05) is 6.92 Å². The molecule has 0 saturated carbocycles. The second kappa shape index (κ2) is 5.21. The number of methoxy groups -OCH3 is 2. The van der Waals surface area contributed by atoms with Crippen LogP contribution in [-0.2, 0) is 11.2 Å². The summed E-state index contributed by atoms with van der Waals surface area (Å²) in [6.45, 7) is 1.87. The molecule has 0 bridgehead atoms. The Labute approximate surface area is 102 Å². The molecule has 0 fully saturated rings. The van der Waals surface area contributed by atoms with Crippen LogP contribution < -0.4 is 9.47 Å². The molecule has 0 aliphatic heterocycles. The average Bonchev–Trinajstić information content (AvgIpc) is 2.23. The van der Waals surface area contributed by atoms with Crippen molar-refractivity contribution in [2.75, 3.05) is 14.2 Å². The molecule has 88 valence electrons. The van der Waals surface area contributed by atoms with Gasteiger partial charge in [0.15, 0.2) is 11.5 Å². The predicted octanol–water partition coefficient (Wildman–Crippen LogP) is 2.40. The van der Waals surface area contributed by atoms with Crippen LogP contribution in [0.4, 0.5) is 0 Å². The Morgan fingerprint density at radius 2 is 2.06 bits per heavy atom. The first kappa shape index (κ1) is 12.8. The first-order chi connectivity index (χ1) is 7.51. The Morgan fingerprint density at radius 1 is 1.44 bits per heavy atom. The van der Waals surface area contributed by atoms with E-state index in [-0.39, 0.29) is 6.42 Å². The number of carboxylic acid groups (broad SMARTS) is 1. The predicted molar refractivity (Wildman–Crippen MR) is 63.3 cm³/mol. The normalized spacial score (nSPS) is 10.0. The van der Waals surface area contributed by atoms with Crippen LogP contribution in [0.15, 0.2) is 10.5 Å². The van der Waals surface area contributed by atoms with Crippen LogP contribution in [0.3, 0.4) is 0 Å². The summed E-state index contributed by atoms with van der Waals surface area (Å²) in [5.41, 5.74) is 1.50. The fraction of sp³-hybridized carbons (Fsp3) is 0.364. The third-order valence-corrected chi connectivity index (χ3v) is 3.31. The van der Waals surface area contributed by atoms with Crippen LogP contribution in [0.1, 0.15) is 11.1 Å². The van der Waals surface area contributed by atoms with Gasteiger partial charge in [-0.1, -0.05) is 15.9 Å². The number of carboxylic acids is 1. The number of aryl methyl sites for hydroxylation is 1. The van der Waals surface area contributed by atoms with Crippen molar-refractivity contribution in [1.29, 1.82) is 0 Å². The van der Waals surface area contributed by atoms with Crippen molar-refractivity contribution in [3.05, 3.63) is 21.7 Å². The summed E-state index contributed by atoms with van der Waals surface area (Å²) < 4.78 is 11.1. The minimum Gasteiger partial charge on any atom is -0.493 e. The lowest BCUT2D eigenvalue weighted by molar-refractivity contribution is -0.136. The highest BCUT2D eigenvalue weighted by Crippen LogP contribution is 2.38. The number of rotatable bonds is 4. The van der Waals surface area contributed by atoms with E-state index in [0.717, 1.165) is 10.0 Å². The second-order valence-electron chi connectivity index (χ2n) is 3.29. The van der Waals surface area contributed by atoms with Crippen LogP contribution in [0.5, 0.6) is 11.5 Å². The van der Waals surface area contributed by atoms with Gasteiger partial charge < -0.3 is 14.6 Å². The minimum atomic E-state index is -0.911. The third-order valence-electron chi connectivity index (χ3n) is 2.21. The summed E-state index contributed by atoms with van der Waals surface area (Å²) in [5, 5.41) is 8.85. The lowest BCUT2D eigenvalue weighted by Gasteiger charge is -2.15. The van der Waals surface area contributed by atoms with Gasteiger partial charge in [0.1, 0.15) is 0 Å². The van der Waals surface area contributed by atoms with Crippen molar-refractivity contribution < 1.29 is 19.4 Å². The Balaban J connectivity index is 3.40. The van der Waals surface area contributed by atoms with Crippen LogP contribution in [0, 0.1) is 6.92 Å². The zero-order chi connectivity index (χ0) is 12.3. The molecule has 0 aliphatic carbocycles. The standard InChI is InChI=1S/C11H13BrO4/c1-6-4-8(15-2)11(16-3)7(10(6)12)5-9(13)14/h4H,5H2,1-3H3,(H,13,14). The summed E-state index contributed by atoms with van der Waals surface area (Å²) in [7, 11) is 3.01. The Bertz CT molecular complexity index is 415. The van der Waals surface area contributed by atoms with Gasteiger partial charge in [0.05, 0.1) is 20.6 Å². The lowest BCUT2D eigenvalue weighted by atomic mass is 10.1. The number of aliphatic carboxylic acids is 1. The van der Waals surface area contributed by atoms with Gasteiger partial charge in [-0.25, -0.2) is 0 Å². The highest BCUT2D eigenvalue weighted by atomic mass is 79.9. The molecule has 1 N–H and O–H groups in total. The summed E-state index contributed by atoms with van der Waals surface area (Å²) in [6.07, 6.45) is -0.109. The zero-order valence-corrected chi connectivity index (χ0v) is 10.9. The van der Waals surface area contributed by atoms with Gasteiger partial charge in [0, 0.05) is 10.0 Å². The summed E-state index contributed by atoms with van der Waals surface area (Å²) in [5.74, 6) is 0.0912. The van der Waals surface area contributed by atoms with Crippen molar-refractivity contribution in [3.63, 3.8) is 0 Å². The van der Waals surface area contributed by atoms with E-state index in [4.69, 9.17) is 14.6 Å². The van der Waals surface area contributed by atoms with Crippen molar-refractivity contribution in [3.8, 4) is 11.5 Å². The van der Waals surface area contributed by atoms with E-state index in [9.17, 15) is 4.79 Å². The first-order valence-corrected chi connectivity index (χ1v) is 5.42. The monoisotopic (exact) mass is 288 g/mol. The quantitative estimate of drug-likeness (QED) is 0.924. The van der Waals surface area contributed by atoms with Gasteiger partial charge in [-0.3, -0.25) is 4.79 Å². The summed E-state index contributed by atoms with van der Waals surface area (Å²) in [4.78, 5) is 10.8. The second-order valence-corrected chi connectivity index (χ2v) is 4.09. The molecule has 1 rings (SSSR count). The summed E-state index contributed by atoms with van der Waals surface area (Å²) >= 11 is 3.36. The average molecular weight is 289 g/mol. The van der Waals surface area contributed by atoms with Gasteiger partial charge in [0.2, 0.25) is 0 Å². The van der Waals surface area contributed by atoms with Crippen LogP contribution in [0.2, 0.25) is 0 Å². The molecule has 0 atom stereocenters. The smallest absolute Gasteiger partial charge is 0.308 e. The van der Waals surface area contributed by atoms with Gasteiger partial charge in [-0.15, -0.1) is 0 Å². The summed E-state index contributed by atoms with van der Waals surface area (Å²) in [6, 6.07) is 1.80. The molecule has 1 aromatic carbocycles. The zero-order valence-electron chi connectivity index (χ0n) is 9.33. The maximum Gasteiger partial charge on any atom is 0.308 e. The van der Waals surface area contributed by atoms with Crippen molar-refractivity contribution in [2.24, 2.45) is 0 Å². The molecule has 0 radical (unpaired) electrons. The molecule has 0 saturated heterocycles. The van der Waals surface area contributed by atoms with E-state index in [1.54, 1.807) is 6.07 Å². The fourth-order valence-electron chi connectivity index (χ4n) is 1.50. The minimum absolute atomic E-state index is 0.109. The molecule has 0 aromatic heterocycles. The molecule has 4 nitrogen and oxygen atoms in total. The molecule has 16 heavy (non-hydrogen) atoms. The van der Waals surface area contributed by atoms with Crippen LogP contribution in [-0.4, -0.2) is 25.3 Å². The largest absolute Gasteiger partial charge is 0.493 e. The number of halogens is 1. The van der Waals surface area contributed by atoms with E-state index in [0.29, 0.717) is 17.1 Å². The number of carbonyl (C=O) groups is 1. The maximum atomic E-state index is 10.8. The van der Waals surface area contributed by atoms with Crippen LogP contribution in [0.25, 0.3) is 0 Å². The van der Waals surface area contributed by atoms with Crippen molar-refractivity contribution in [1.82, 2.24) is 0 Å². The third kappa shape index (κ3) is 2.47. The highest BCUT2D eigenvalue weighted by molar-refractivity contribution is 9.10. The topological polar surface area (TPSA) is 55.8 Å². The maximum absolute atomic E-state index is 10.8. The number of benzene rings is 1. The van der Waals surface area contributed by atoms with E-state index >= 15 is 0 Å². The molecular formula is C11H13BrO4. The molecule has 1 aromatic rings. The number of hydrogen-bond acceptors (Lipinski definition) is 3. The molecular weight excluding hydrogens is 276 g/mol. The molecule has 0 heterocycles. The molecule has 5 heteroatoms. The Morgan fingerprint density at radius 3 is 2.50 bits per heavy atom. The van der Waals surface area contributed by atoms with Gasteiger partial charge in [0.25, 0.3) is 0 Å². The molecule has 0 amide bonds. The lowest BCUT2D eigenvalue weighted by Crippen LogP contribution is -2.05. The van der Waals surface area contributed by atoms with E-state index in [2.05, 4.69) is 15.9 Å². The highest BCUT2D eigenvalue weighted by Gasteiger charge is 2.18. The van der Waals surface area contributed by atoms with E-state index in [1.165, 1.54) is 14.2 Å². The first-order valence-electron chi connectivity index (χ1n) is 4.63. The SMILES string of the molecule is COc1cc(C)c(Br)c(CC(=O)O)c1OC.